The van der Waals surface area contributed by atoms with Crippen molar-refractivity contribution in [1.82, 2.24) is 5.32 Å². The lowest BCUT2D eigenvalue weighted by Gasteiger charge is -2.08. The normalized spacial score (nSPS) is 10.1. The number of hydrogen-bond donors (Lipinski definition) is 1. The van der Waals surface area contributed by atoms with Crippen LogP contribution >= 0.6 is 23.2 Å². The minimum Gasteiger partial charge on any atom is -0.497 e. The molecule has 2 rings (SSSR count). The highest BCUT2D eigenvalue weighted by Gasteiger charge is 2.11. The second-order valence-corrected chi connectivity index (χ2v) is 5.64. The summed E-state index contributed by atoms with van der Waals surface area (Å²) in [5, 5.41) is 3.24. The van der Waals surface area contributed by atoms with Gasteiger partial charge in [-0.1, -0.05) is 35.3 Å². The van der Waals surface area contributed by atoms with E-state index in [-0.39, 0.29) is 17.2 Å². The van der Waals surface area contributed by atoms with Crippen LogP contribution in [0.4, 0.5) is 0 Å². The standard InChI is InChI=1S/C17H15Cl2NO4/c1-23-13-5-2-11(3-6-13)9-20-16(21)10-24-17(22)12-4-7-14(18)15(19)8-12/h2-8H,9-10H2,1H3,(H,20,21). The molecule has 24 heavy (non-hydrogen) atoms. The van der Waals surface area contributed by atoms with E-state index in [4.69, 9.17) is 32.7 Å². The topological polar surface area (TPSA) is 64.6 Å². The number of hydrogen-bond acceptors (Lipinski definition) is 4. The number of methoxy groups -OCH3 is 1. The first-order chi connectivity index (χ1) is 11.5. The van der Waals surface area contributed by atoms with Crippen molar-refractivity contribution in [1.29, 1.82) is 0 Å². The highest BCUT2D eigenvalue weighted by molar-refractivity contribution is 6.42. The fourth-order valence-corrected chi connectivity index (χ4v) is 2.13. The summed E-state index contributed by atoms with van der Waals surface area (Å²) in [7, 11) is 1.58. The number of amides is 1. The van der Waals surface area contributed by atoms with Crippen molar-refractivity contribution in [2.45, 2.75) is 6.54 Å². The van der Waals surface area contributed by atoms with E-state index in [1.54, 1.807) is 19.2 Å². The summed E-state index contributed by atoms with van der Waals surface area (Å²) in [6.07, 6.45) is 0. The molecular weight excluding hydrogens is 353 g/mol. The molecule has 1 N–H and O–H groups in total. The number of carbonyl (C=O) groups is 2. The Morgan fingerprint density at radius 2 is 1.75 bits per heavy atom. The summed E-state index contributed by atoms with van der Waals surface area (Å²) >= 11 is 11.6. The van der Waals surface area contributed by atoms with E-state index in [1.807, 2.05) is 12.1 Å². The molecule has 0 aliphatic rings. The molecule has 0 atom stereocenters. The van der Waals surface area contributed by atoms with Crippen LogP contribution in [0.3, 0.4) is 0 Å². The van der Waals surface area contributed by atoms with Gasteiger partial charge in [-0.3, -0.25) is 4.79 Å². The van der Waals surface area contributed by atoms with Crippen molar-refractivity contribution in [2.24, 2.45) is 0 Å². The average molecular weight is 368 g/mol. The molecule has 0 saturated heterocycles. The van der Waals surface area contributed by atoms with Crippen molar-refractivity contribution in [3.8, 4) is 5.75 Å². The van der Waals surface area contributed by atoms with Crippen molar-refractivity contribution in [3.63, 3.8) is 0 Å². The first-order valence-corrected chi connectivity index (χ1v) is 7.77. The summed E-state index contributed by atoms with van der Waals surface area (Å²) in [5.74, 6) is -0.312. The van der Waals surface area contributed by atoms with Crippen LogP contribution in [-0.2, 0) is 16.1 Å². The smallest absolute Gasteiger partial charge is 0.338 e. The van der Waals surface area contributed by atoms with Gasteiger partial charge in [0.2, 0.25) is 0 Å². The van der Waals surface area contributed by atoms with Gasteiger partial charge in [0.05, 0.1) is 22.7 Å². The lowest BCUT2D eigenvalue weighted by Crippen LogP contribution is -2.28. The third kappa shape index (κ3) is 5.15. The van der Waals surface area contributed by atoms with Crippen LogP contribution < -0.4 is 10.1 Å². The van der Waals surface area contributed by atoms with E-state index in [9.17, 15) is 9.59 Å². The Hall–Kier alpha value is -2.24. The zero-order valence-electron chi connectivity index (χ0n) is 12.8. The number of esters is 1. The van der Waals surface area contributed by atoms with Crippen LogP contribution in [0.25, 0.3) is 0 Å². The van der Waals surface area contributed by atoms with Gasteiger partial charge in [0, 0.05) is 6.54 Å². The molecule has 0 saturated carbocycles. The van der Waals surface area contributed by atoms with E-state index in [0.717, 1.165) is 11.3 Å². The van der Waals surface area contributed by atoms with Crippen molar-refractivity contribution < 1.29 is 19.1 Å². The van der Waals surface area contributed by atoms with Crippen LogP contribution in [0, 0.1) is 0 Å². The molecule has 0 bridgehead atoms. The fourth-order valence-electron chi connectivity index (χ4n) is 1.83. The van der Waals surface area contributed by atoms with Crippen LogP contribution in [0.1, 0.15) is 15.9 Å². The van der Waals surface area contributed by atoms with Gasteiger partial charge in [-0.15, -0.1) is 0 Å². The molecule has 2 aromatic rings. The Bertz CT molecular complexity index is 732. The van der Waals surface area contributed by atoms with Crippen molar-refractivity contribution in [2.75, 3.05) is 13.7 Å². The minimum atomic E-state index is -0.645. The first kappa shape index (κ1) is 18.1. The zero-order valence-corrected chi connectivity index (χ0v) is 14.4. The summed E-state index contributed by atoms with van der Waals surface area (Å²) in [6.45, 7) is -0.0532. The average Bonchev–Trinajstić information content (AvgIpc) is 2.60. The largest absolute Gasteiger partial charge is 0.497 e. The van der Waals surface area contributed by atoms with Gasteiger partial charge in [-0.25, -0.2) is 4.79 Å². The monoisotopic (exact) mass is 367 g/mol. The number of halogens is 2. The lowest BCUT2D eigenvalue weighted by molar-refractivity contribution is -0.124. The molecule has 126 valence electrons. The molecule has 2 aromatic carbocycles. The predicted molar refractivity (Wildman–Crippen MR) is 91.6 cm³/mol. The van der Waals surface area contributed by atoms with Crippen LogP contribution in [-0.4, -0.2) is 25.6 Å². The molecule has 0 unspecified atom stereocenters. The van der Waals surface area contributed by atoms with Gasteiger partial charge in [-0.2, -0.15) is 0 Å². The quantitative estimate of drug-likeness (QED) is 0.793. The van der Waals surface area contributed by atoms with E-state index in [1.165, 1.54) is 18.2 Å². The molecule has 0 fully saturated rings. The van der Waals surface area contributed by atoms with E-state index in [2.05, 4.69) is 5.32 Å². The molecular formula is C17H15Cl2NO4. The van der Waals surface area contributed by atoms with Crippen LogP contribution in [0.15, 0.2) is 42.5 Å². The van der Waals surface area contributed by atoms with Crippen molar-refractivity contribution in [3.05, 3.63) is 63.6 Å². The van der Waals surface area contributed by atoms with Gasteiger partial charge in [0.25, 0.3) is 5.91 Å². The van der Waals surface area contributed by atoms with Crippen molar-refractivity contribution >= 4 is 35.1 Å². The number of rotatable bonds is 6. The maximum absolute atomic E-state index is 11.8. The highest BCUT2D eigenvalue weighted by Crippen LogP contribution is 2.22. The molecule has 5 nitrogen and oxygen atoms in total. The first-order valence-electron chi connectivity index (χ1n) is 7.01. The fraction of sp³-hybridized carbons (Fsp3) is 0.176. The Morgan fingerprint density at radius 3 is 2.38 bits per heavy atom. The molecule has 0 aliphatic carbocycles. The molecule has 0 heterocycles. The summed E-state index contributed by atoms with van der Waals surface area (Å²) in [4.78, 5) is 23.6. The third-order valence-corrected chi connectivity index (χ3v) is 3.88. The number of nitrogens with one attached hydrogen (secondary N) is 1. The second kappa shape index (κ2) is 8.57. The summed E-state index contributed by atoms with van der Waals surface area (Å²) in [6, 6.07) is 11.6. The predicted octanol–water partition coefficient (Wildman–Crippen LogP) is 3.48. The van der Waals surface area contributed by atoms with E-state index < -0.39 is 11.9 Å². The number of ether oxygens (including phenoxy) is 2. The number of benzene rings is 2. The number of carbonyl (C=O) groups excluding carboxylic acids is 2. The van der Waals surface area contributed by atoms with Gasteiger partial charge in [-0.05, 0) is 35.9 Å². The Kier molecular flexibility index (Phi) is 6.46. The lowest BCUT2D eigenvalue weighted by atomic mass is 10.2. The van der Waals surface area contributed by atoms with Gasteiger partial charge in [0.1, 0.15) is 5.75 Å². The molecule has 7 heteroatoms. The maximum atomic E-state index is 11.8. The minimum absolute atomic E-state index is 0.229. The SMILES string of the molecule is COc1ccc(CNC(=O)COC(=O)c2ccc(Cl)c(Cl)c2)cc1. The van der Waals surface area contributed by atoms with Gasteiger partial charge < -0.3 is 14.8 Å². The van der Waals surface area contributed by atoms with E-state index in [0.29, 0.717) is 11.6 Å². The summed E-state index contributed by atoms with van der Waals surface area (Å²) < 4.78 is 9.99. The molecule has 1 amide bonds. The maximum Gasteiger partial charge on any atom is 0.338 e. The van der Waals surface area contributed by atoms with Gasteiger partial charge >= 0.3 is 5.97 Å². The zero-order chi connectivity index (χ0) is 17.5. The second-order valence-electron chi connectivity index (χ2n) is 4.83. The highest BCUT2D eigenvalue weighted by atomic mass is 35.5. The van der Waals surface area contributed by atoms with Crippen LogP contribution in [0.2, 0.25) is 10.0 Å². The molecule has 0 radical (unpaired) electrons. The van der Waals surface area contributed by atoms with E-state index >= 15 is 0 Å². The molecule has 0 aromatic heterocycles. The Morgan fingerprint density at radius 1 is 1.04 bits per heavy atom. The summed E-state index contributed by atoms with van der Waals surface area (Å²) in [5.41, 5.74) is 1.13. The molecule has 0 aliphatic heterocycles. The Balaban J connectivity index is 1.79. The molecule has 0 spiro atoms. The van der Waals surface area contributed by atoms with Gasteiger partial charge in [0.15, 0.2) is 6.61 Å². The Labute approximate surface area is 149 Å². The third-order valence-electron chi connectivity index (χ3n) is 3.14. The van der Waals surface area contributed by atoms with Crippen LogP contribution in [0.5, 0.6) is 5.75 Å².